The number of carbonyl (C=O) groups is 1. The summed E-state index contributed by atoms with van der Waals surface area (Å²) >= 11 is 0. The molecule has 3 heterocycles. The summed E-state index contributed by atoms with van der Waals surface area (Å²) in [6.45, 7) is 1.89. The number of imidazole rings is 1. The van der Waals surface area contributed by atoms with Crippen LogP contribution >= 0.6 is 0 Å². The molecule has 9 heteroatoms. The number of nitrogens with zero attached hydrogens (tertiary/aromatic N) is 5. The first-order chi connectivity index (χ1) is 16.2. The summed E-state index contributed by atoms with van der Waals surface area (Å²) in [5.41, 5.74) is 1.63. The molecule has 2 aromatic carbocycles. The van der Waals surface area contributed by atoms with Crippen molar-refractivity contribution >= 4 is 11.6 Å². The molecule has 0 bridgehead atoms. The Balaban J connectivity index is 1.25. The van der Waals surface area contributed by atoms with E-state index in [-0.39, 0.29) is 11.6 Å². The average Bonchev–Trinajstić information content (AvgIpc) is 3.51. The molecule has 0 saturated heterocycles. The zero-order chi connectivity index (χ0) is 22.6. The highest BCUT2D eigenvalue weighted by Gasteiger charge is 2.14. The Kier molecular flexibility index (Phi) is 5.34. The summed E-state index contributed by atoms with van der Waals surface area (Å²) in [4.78, 5) is 25.1. The minimum absolute atomic E-state index is 0.192. The number of ether oxygens (including phenoxy) is 1. The Bertz CT molecular complexity index is 1390. The first-order valence-electron chi connectivity index (χ1n) is 10.1. The number of aryl methyl sites for hydroxylation is 1. The van der Waals surface area contributed by atoms with E-state index in [9.17, 15) is 4.79 Å². The van der Waals surface area contributed by atoms with Gasteiger partial charge in [-0.15, -0.1) is 0 Å². The van der Waals surface area contributed by atoms with Crippen molar-refractivity contribution in [2.24, 2.45) is 0 Å². The van der Waals surface area contributed by atoms with Crippen LogP contribution in [0.3, 0.4) is 0 Å². The van der Waals surface area contributed by atoms with Crippen LogP contribution in [0.4, 0.5) is 5.69 Å². The maximum atomic E-state index is 12.5. The summed E-state index contributed by atoms with van der Waals surface area (Å²) in [5.74, 6) is 2.57. The molecule has 0 spiro atoms. The molecule has 33 heavy (non-hydrogen) atoms. The molecular weight excluding hydrogens is 420 g/mol. The van der Waals surface area contributed by atoms with E-state index in [2.05, 4.69) is 25.4 Å². The number of benzene rings is 2. The van der Waals surface area contributed by atoms with Crippen LogP contribution in [0.1, 0.15) is 16.3 Å². The second-order valence-electron chi connectivity index (χ2n) is 7.08. The maximum absolute atomic E-state index is 12.5. The van der Waals surface area contributed by atoms with Gasteiger partial charge >= 0.3 is 0 Å². The normalized spacial score (nSPS) is 10.7. The topological polar surface area (TPSA) is 108 Å². The van der Waals surface area contributed by atoms with E-state index in [1.165, 1.54) is 6.33 Å². The van der Waals surface area contributed by atoms with E-state index < -0.39 is 0 Å². The van der Waals surface area contributed by atoms with Gasteiger partial charge in [-0.2, -0.15) is 0 Å². The number of carbonyl (C=O) groups excluding carboxylic acids is 1. The molecule has 162 valence electrons. The fraction of sp³-hybridized carbons (Fsp3) is 0.0417. The predicted octanol–water partition coefficient (Wildman–Crippen LogP) is 4.67. The highest BCUT2D eigenvalue weighted by atomic mass is 16.5. The zero-order valence-corrected chi connectivity index (χ0v) is 17.5. The van der Waals surface area contributed by atoms with E-state index in [0.29, 0.717) is 28.9 Å². The van der Waals surface area contributed by atoms with Crippen LogP contribution in [0, 0.1) is 6.92 Å². The molecule has 1 amide bonds. The lowest BCUT2D eigenvalue weighted by Crippen LogP contribution is -2.11. The third-order valence-corrected chi connectivity index (χ3v) is 4.84. The fourth-order valence-electron chi connectivity index (χ4n) is 3.18. The summed E-state index contributed by atoms with van der Waals surface area (Å²) in [5, 5.41) is 6.66. The van der Waals surface area contributed by atoms with Crippen molar-refractivity contribution < 1.29 is 14.1 Å². The van der Waals surface area contributed by atoms with Crippen molar-refractivity contribution in [3.8, 4) is 28.8 Å². The SMILES string of the molecule is Cc1nccn1-c1cc(Oc2ccc(NC(=O)c3cc(-c4ccccc4)on3)cc2)ncn1. The van der Waals surface area contributed by atoms with Gasteiger partial charge in [0.1, 0.15) is 23.7 Å². The molecule has 9 nitrogen and oxygen atoms in total. The second-order valence-corrected chi connectivity index (χ2v) is 7.08. The van der Waals surface area contributed by atoms with Crippen molar-refractivity contribution in [2.45, 2.75) is 6.92 Å². The van der Waals surface area contributed by atoms with Crippen LogP contribution < -0.4 is 10.1 Å². The van der Waals surface area contributed by atoms with Crippen molar-refractivity contribution in [1.29, 1.82) is 0 Å². The van der Waals surface area contributed by atoms with Gasteiger partial charge in [0.2, 0.25) is 5.88 Å². The standard InChI is InChI=1S/C24H18N6O3/c1-16-25-11-12-30(16)22-14-23(27-15-26-22)32-19-9-7-18(8-10-19)28-24(31)20-13-21(33-29-20)17-5-3-2-4-6-17/h2-15H,1H3,(H,28,31). The maximum Gasteiger partial charge on any atom is 0.277 e. The Morgan fingerprint density at radius 3 is 2.58 bits per heavy atom. The number of nitrogens with one attached hydrogen (secondary N) is 1. The van der Waals surface area contributed by atoms with Gasteiger partial charge in [-0.25, -0.2) is 15.0 Å². The van der Waals surface area contributed by atoms with Crippen molar-refractivity contribution in [3.05, 3.63) is 97.0 Å². The van der Waals surface area contributed by atoms with Gasteiger partial charge in [-0.05, 0) is 31.2 Å². The summed E-state index contributed by atoms with van der Waals surface area (Å²) in [6.07, 6.45) is 4.95. The van der Waals surface area contributed by atoms with E-state index in [0.717, 1.165) is 11.4 Å². The number of rotatable bonds is 6. The molecule has 0 atom stereocenters. The van der Waals surface area contributed by atoms with E-state index in [1.807, 2.05) is 48.0 Å². The second kappa shape index (κ2) is 8.75. The van der Waals surface area contributed by atoms with Gasteiger partial charge in [-0.3, -0.25) is 9.36 Å². The minimum Gasteiger partial charge on any atom is -0.439 e. The fourth-order valence-corrected chi connectivity index (χ4v) is 3.18. The molecule has 0 aliphatic carbocycles. The third kappa shape index (κ3) is 4.47. The lowest BCUT2D eigenvalue weighted by Gasteiger charge is -2.08. The number of hydrogen-bond donors (Lipinski definition) is 1. The van der Waals surface area contributed by atoms with Crippen molar-refractivity contribution in [3.63, 3.8) is 0 Å². The molecule has 0 unspecified atom stereocenters. The summed E-state index contributed by atoms with van der Waals surface area (Å²) < 4.78 is 13.0. The van der Waals surface area contributed by atoms with Crippen LogP contribution in [-0.4, -0.2) is 30.6 Å². The molecule has 5 aromatic rings. The Morgan fingerprint density at radius 1 is 1.00 bits per heavy atom. The predicted molar refractivity (Wildman–Crippen MR) is 120 cm³/mol. The van der Waals surface area contributed by atoms with Gasteiger partial charge in [0.25, 0.3) is 5.91 Å². The van der Waals surface area contributed by atoms with E-state index in [1.54, 1.807) is 42.6 Å². The Morgan fingerprint density at radius 2 is 1.82 bits per heavy atom. The number of amides is 1. The Labute approximate surface area is 188 Å². The number of aromatic nitrogens is 5. The molecule has 1 N–H and O–H groups in total. The van der Waals surface area contributed by atoms with Gasteiger partial charge in [0.05, 0.1) is 0 Å². The van der Waals surface area contributed by atoms with Gasteiger partial charge in [-0.1, -0.05) is 35.5 Å². The molecule has 0 aliphatic rings. The summed E-state index contributed by atoms with van der Waals surface area (Å²) in [6, 6.07) is 19.7. The van der Waals surface area contributed by atoms with Crippen molar-refractivity contribution in [1.82, 2.24) is 24.7 Å². The largest absolute Gasteiger partial charge is 0.439 e. The van der Waals surface area contributed by atoms with Crippen LogP contribution in [0.2, 0.25) is 0 Å². The molecule has 5 rings (SSSR count). The lowest BCUT2D eigenvalue weighted by molar-refractivity contribution is 0.101. The number of anilines is 1. The first kappa shape index (κ1) is 20.1. The van der Waals surface area contributed by atoms with Gasteiger partial charge < -0.3 is 14.6 Å². The van der Waals surface area contributed by atoms with Gasteiger partial charge in [0.15, 0.2) is 11.5 Å². The quantitative estimate of drug-likeness (QED) is 0.410. The molecule has 0 saturated carbocycles. The van der Waals surface area contributed by atoms with Crippen LogP contribution in [0.15, 0.2) is 90.0 Å². The van der Waals surface area contributed by atoms with Crippen LogP contribution in [-0.2, 0) is 0 Å². The lowest BCUT2D eigenvalue weighted by atomic mass is 10.1. The summed E-state index contributed by atoms with van der Waals surface area (Å²) in [7, 11) is 0. The van der Waals surface area contributed by atoms with E-state index in [4.69, 9.17) is 9.26 Å². The zero-order valence-electron chi connectivity index (χ0n) is 17.5. The average molecular weight is 438 g/mol. The smallest absolute Gasteiger partial charge is 0.277 e. The third-order valence-electron chi connectivity index (χ3n) is 4.84. The molecular formula is C24H18N6O3. The number of hydrogen-bond acceptors (Lipinski definition) is 7. The van der Waals surface area contributed by atoms with Crippen LogP contribution in [0.5, 0.6) is 11.6 Å². The molecule has 3 aromatic heterocycles. The Hall–Kier alpha value is -4.79. The molecule has 0 radical (unpaired) electrons. The molecule has 0 fully saturated rings. The van der Waals surface area contributed by atoms with Gasteiger partial charge in [0, 0.05) is 35.8 Å². The minimum atomic E-state index is -0.370. The monoisotopic (exact) mass is 438 g/mol. The first-order valence-corrected chi connectivity index (χ1v) is 10.1. The van der Waals surface area contributed by atoms with E-state index >= 15 is 0 Å². The highest BCUT2D eigenvalue weighted by molar-refractivity contribution is 6.03. The highest BCUT2D eigenvalue weighted by Crippen LogP contribution is 2.24. The molecule has 0 aliphatic heterocycles. The van der Waals surface area contributed by atoms with Crippen molar-refractivity contribution in [2.75, 3.05) is 5.32 Å². The van der Waals surface area contributed by atoms with Crippen LogP contribution in [0.25, 0.3) is 17.1 Å².